The zero-order chi connectivity index (χ0) is 44.3. The second-order valence-corrected chi connectivity index (χ2v) is 17.5. The van der Waals surface area contributed by atoms with Gasteiger partial charge in [0.1, 0.15) is 17.0 Å². The van der Waals surface area contributed by atoms with Crippen LogP contribution in [0.4, 0.5) is 0 Å². The van der Waals surface area contributed by atoms with Crippen molar-refractivity contribution in [2.24, 2.45) is 23.1 Å². The van der Waals surface area contributed by atoms with Crippen LogP contribution in [-0.2, 0) is 53.4 Å². The van der Waals surface area contributed by atoms with Gasteiger partial charge >= 0.3 is 0 Å². The van der Waals surface area contributed by atoms with Crippen LogP contribution >= 0.6 is 0 Å². The van der Waals surface area contributed by atoms with E-state index in [9.17, 15) is 19.2 Å². The normalized spacial score (nSPS) is 23.1. The summed E-state index contributed by atoms with van der Waals surface area (Å²) >= 11 is 0. The summed E-state index contributed by atoms with van der Waals surface area (Å²) in [6.45, 7) is 0.563. The van der Waals surface area contributed by atoms with Gasteiger partial charge in [-0.25, -0.2) is 0 Å². The fourth-order valence-electron chi connectivity index (χ4n) is 10.2. The number of carbonyl (C=O) groups excluding carboxylic acids is 6. The van der Waals surface area contributed by atoms with Gasteiger partial charge in [-0.05, 0) is 93.1 Å². The molecule has 62 heavy (non-hydrogen) atoms. The third-order valence-corrected chi connectivity index (χ3v) is 13.4. The Bertz CT molecular complexity index is 2030. The molecule has 331 valence electrons. The highest BCUT2D eigenvalue weighted by Gasteiger charge is 2.70. The summed E-state index contributed by atoms with van der Waals surface area (Å²) in [7, 11) is 1.69. The number of nitrogens with zero attached hydrogens (tertiary/aromatic N) is 1. The zero-order valence-corrected chi connectivity index (χ0v) is 36.0. The summed E-state index contributed by atoms with van der Waals surface area (Å²) in [5, 5.41) is 8.91. The van der Waals surface area contributed by atoms with Gasteiger partial charge in [-0.3, -0.25) is 28.8 Å². The number of nitrogens with two attached hydrogens (primary N) is 3. The molecule has 1 aliphatic heterocycles. The van der Waals surface area contributed by atoms with Crippen LogP contribution in [0.25, 0.3) is 0 Å². The first-order valence-electron chi connectivity index (χ1n) is 22.4. The van der Waals surface area contributed by atoms with Crippen molar-refractivity contribution in [3.63, 3.8) is 0 Å². The summed E-state index contributed by atoms with van der Waals surface area (Å²) in [5.74, 6) is -2.84. The minimum Gasteiger partial charge on any atom is -0.343 e. The lowest BCUT2D eigenvalue weighted by molar-refractivity contribution is -0.147. The molecule has 0 bridgehead atoms. The first kappa shape index (κ1) is 46.4. The fraction of sp³-hybridized carbons (Fsp3) is 0.510. The highest BCUT2D eigenvalue weighted by molar-refractivity contribution is 6.22. The maximum Gasteiger partial charge on any atom is 0.245 e. The first-order chi connectivity index (χ1) is 30.0. The number of ketones is 2. The molecule has 0 aromatic heterocycles. The Morgan fingerprint density at radius 1 is 0.774 bits per heavy atom. The van der Waals surface area contributed by atoms with Crippen LogP contribution in [0.3, 0.4) is 0 Å². The lowest BCUT2D eigenvalue weighted by Gasteiger charge is -2.45. The first-order valence-corrected chi connectivity index (χ1v) is 22.4. The third-order valence-electron chi connectivity index (χ3n) is 13.4. The summed E-state index contributed by atoms with van der Waals surface area (Å²) in [4.78, 5) is 90.0. The summed E-state index contributed by atoms with van der Waals surface area (Å²) in [5.41, 5.74) is 17.2. The van der Waals surface area contributed by atoms with E-state index in [1.807, 2.05) is 60.7 Å². The standard InChI is InChI=1S/C49H64N7O6/c1-53-41(30-35-20-9-4-10-21-35)46(61)54-40(24-13-14-26-50)47(62)56-27-15-25-42(56)44(59)49(43(58)38(51)28-33-16-5-2-6-17-33)37-23-12-11-22-36(37)31-48(49,32-57)55-45(60)39(52)29-34-18-7-3-8-19-34/h3-4,7-12,18-23,33,38-42,53H,2,5-6,13-17,24-31,50-52H2,1H3,(H,54,61)(H,55,60)/t38-,39+,40+,41+,42+,48?,49?/m1/s1. The molecule has 3 aliphatic rings. The average molecular weight is 847 g/mol. The van der Waals surface area contributed by atoms with Crippen LogP contribution in [0.5, 0.6) is 0 Å². The highest BCUT2D eigenvalue weighted by atomic mass is 16.2. The number of rotatable bonds is 21. The molecule has 1 saturated carbocycles. The van der Waals surface area contributed by atoms with Crippen molar-refractivity contribution in [2.75, 3.05) is 20.1 Å². The number of fused-ring (bicyclic) bond motifs is 1. The van der Waals surface area contributed by atoms with E-state index in [1.165, 1.54) is 4.90 Å². The Morgan fingerprint density at radius 3 is 2.06 bits per heavy atom. The number of benzene rings is 3. The molecule has 6 rings (SSSR count). The largest absolute Gasteiger partial charge is 0.343 e. The molecular weight excluding hydrogens is 783 g/mol. The molecule has 3 aromatic carbocycles. The SMILES string of the molecule is CN[C@@H](Cc1ccccc1)C(=O)N[C@@H](CCCCN)C(=O)N1CCC[C@H]1C(=O)C1(C(=O)[C@H](N)CC2CCCCC2)c2ccccc2CC1([C]=O)NC(=O)[C@@H](N)Cc1ccccc1. The minimum atomic E-state index is -2.35. The monoisotopic (exact) mass is 846 g/mol. The Morgan fingerprint density at radius 2 is 1.42 bits per heavy atom. The van der Waals surface area contributed by atoms with E-state index < -0.39 is 64.5 Å². The summed E-state index contributed by atoms with van der Waals surface area (Å²) in [6.07, 6.45) is 9.55. The number of nitrogens with one attached hydrogen (secondary N) is 3. The van der Waals surface area contributed by atoms with E-state index in [0.717, 1.165) is 43.2 Å². The number of Topliss-reactive ketones (excluding diaryl/α,β-unsaturated/α-hetero) is 2. The van der Waals surface area contributed by atoms with E-state index in [1.54, 1.807) is 31.3 Å². The minimum absolute atomic E-state index is 0.132. The molecule has 0 spiro atoms. The zero-order valence-electron chi connectivity index (χ0n) is 36.0. The number of carbonyl (C=O) groups is 5. The van der Waals surface area contributed by atoms with Gasteiger partial charge in [0.15, 0.2) is 11.6 Å². The van der Waals surface area contributed by atoms with Crippen molar-refractivity contribution in [1.82, 2.24) is 20.9 Å². The van der Waals surface area contributed by atoms with Gasteiger partial charge in [-0.2, -0.15) is 0 Å². The third kappa shape index (κ3) is 9.91. The predicted molar refractivity (Wildman–Crippen MR) is 238 cm³/mol. The average Bonchev–Trinajstić information content (AvgIpc) is 3.90. The predicted octanol–water partition coefficient (Wildman–Crippen LogP) is 2.89. The molecule has 13 nitrogen and oxygen atoms in total. The number of unbranched alkanes of at least 4 members (excludes halogenated alkanes) is 1. The molecule has 2 unspecified atom stereocenters. The van der Waals surface area contributed by atoms with Crippen LogP contribution < -0.4 is 33.2 Å². The number of likely N-dealkylation sites (tertiary alicyclic amines) is 1. The smallest absolute Gasteiger partial charge is 0.245 e. The van der Waals surface area contributed by atoms with Gasteiger partial charge in [0, 0.05) is 13.0 Å². The molecule has 3 aromatic rings. The van der Waals surface area contributed by atoms with Gasteiger partial charge in [-0.15, -0.1) is 0 Å². The van der Waals surface area contributed by atoms with E-state index in [4.69, 9.17) is 17.2 Å². The Hall–Kier alpha value is -5.08. The molecular formula is C49H64N7O6. The summed E-state index contributed by atoms with van der Waals surface area (Å²) in [6, 6.07) is 20.4. The van der Waals surface area contributed by atoms with Crippen molar-refractivity contribution in [2.45, 2.75) is 131 Å². The molecule has 1 saturated heterocycles. The lowest BCUT2D eigenvalue weighted by atomic mass is 9.60. The van der Waals surface area contributed by atoms with E-state index >= 15 is 9.59 Å². The van der Waals surface area contributed by atoms with E-state index in [0.29, 0.717) is 44.2 Å². The van der Waals surface area contributed by atoms with E-state index in [2.05, 4.69) is 22.2 Å². The van der Waals surface area contributed by atoms with Gasteiger partial charge in [0.05, 0.1) is 24.2 Å². The van der Waals surface area contributed by atoms with Crippen molar-refractivity contribution in [1.29, 1.82) is 0 Å². The second-order valence-electron chi connectivity index (χ2n) is 17.5. The number of amides is 3. The lowest BCUT2D eigenvalue weighted by Crippen LogP contribution is -2.73. The quantitative estimate of drug-likeness (QED) is 0.0680. The van der Waals surface area contributed by atoms with Gasteiger partial charge < -0.3 is 38.1 Å². The molecule has 7 atom stereocenters. The van der Waals surface area contributed by atoms with Crippen molar-refractivity contribution in [3.8, 4) is 0 Å². The number of hydrogen-bond acceptors (Lipinski definition) is 10. The van der Waals surface area contributed by atoms with Crippen LogP contribution in [0.2, 0.25) is 0 Å². The molecule has 3 amide bonds. The second kappa shape index (κ2) is 21.3. The maximum absolute atomic E-state index is 16.0. The van der Waals surface area contributed by atoms with Crippen LogP contribution in [0.15, 0.2) is 84.9 Å². The van der Waals surface area contributed by atoms with Gasteiger partial charge in [0.2, 0.25) is 24.0 Å². The molecule has 2 aliphatic carbocycles. The molecule has 9 N–H and O–H groups in total. The Balaban J connectivity index is 1.39. The topological polar surface area (TPSA) is 220 Å². The van der Waals surface area contributed by atoms with Crippen LogP contribution in [0, 0.1) is 5.92 Å². The van der Waals surface area contributed by atoms with Gasteiger partial charge in [0.25, 0.3) is 0 Å². The number of likely N-dealkylation sites (N-methyl/N-ethyl adjacent to an activating group) is 1. The Labute approximate surface area is 365 Å². The molecule has 13 heteroatoms. The van der Waals surface area contributed by atoms with Gasteiger partial charge in [-0.1, -0.05) is 117 Å². The van der Waals surface area contributed by atoms with Crippen molar-refractivity contribution >= 4 is 35.6 Å². The van der Waals surface area contributed by atoms with Crippen LogP contribution in [0.1, 0.15) is 92.9 Å². The Kier molecular flexibility index (Phi) is 16.0. The molecule has 2 fully saturated rings. The maximum atomic E-state index is 16.0. The molecule has 1 radical (unpaired) electrons. The highest BCUT2D eigenvalue weighted by Crippen LogP contribution is 2.50. The van der Waals surface area contributed by atoms with E-state index in [-0.39, 0.29) is 49.6 Å². The van der Waals surface area contributed by atoms with Crippen molar-refractivity contribution in [3.05, 3.63) is 107 Å². The molecule has 1 heterocycles. The summed E-state index contributed by atoms with van der Waals surface area (Å²) < 4.78 is 0. The number of hydrogen-bond donors (Lipinski definition) is 6. The fourth-order valence-corrected chi connectivity index (χ4v) is 10.2. The van der Waals surface area contributed by atoms with Crippen molar-refractivity contribution < 1.29 is 28.8 Å². The van der Waals surface area contributed by atoms with Crippen LogP contribution in [-0.4, -0.2) is 96.4 Å².